The third-order valence-electron chi connectivity index (χ3n) is 3.84. The molecule has 7 heteroatoms. The molecule has 5 nitrogen and oxygen atoms in total. The lowest BCUT2D eigenvalue weighted by atomic mass is 10.1. The zero-order valence-electron chi connectivity index (χ0n) is 12.8. The topological polar surface area (TPSA) is 53.5 Å². The molecule has 0 spiro atoms. The molecule has 1 aliphatic heterocycles. The van der Waals surface area contributed by atoms with Crippen molar-refractivity contribution in [2.75, 3.05) is 23.4 Å². The van der Waals surface area contributed by atoms with Gasteiger partial charge in [-0.3, -0.25) is 14.5 Å². The Morgan fingerprint density at radius 1 is 1.43 bits per heavy atom. The summed E-state index contributed by atoms with van der Waals surface area (Å²) in [5.74, 6) is -0.560. The largest absolute Gasteiger partial charge is 0.310 e. The van der Waals surface area contributed by atoms with Crippen LogP contribution in [0.2, 0.25) is 5.02 Å². The van der Waals surface area contributed by atoms with E-state index in [0.717, 1.165) is 5.69 Å². The average Bonchev–Trinajstić information content (AvgIpc) is 3.12. The van der Waals surface area contributed by atoms with Gasteiger partial charge in [0, 0.05) is 25.4 Å². The molecule has 1 aromatic carbocycles. The minimum atomic E-state index is -0.382. The lowest BCUT2D eigenvalue weighted by Crippen LogP contribution is -2.34. The predicted octanol–water partition coefficient (Wildman–Crippen LogP) is 3.12. The second-order valence-electron chi connectivity index (χ2n) is 5.53. The molecule has 1 atom stereocenters. The van der Waals surface area contributed by atoms with Crippen LogP contribution >= 0.6 is 22.9 Å². The van der Waals surface area contributed by atoms with Crippen molar-refractivity contribution in [1.29, 1.82) is 0 Å². The highest BCUT2D eigenvalue weighted by Crippen LogP contribution is 2.32. The summed E-state index contributed by atoms with van der Waals surface area (Å²) in [6.45, 7) is 2.23. The van der Waals surface area contributed by atoms with Crippen molar-refractivity contribution in [3.8, 4) is 0 Å². The van der Waals surface area contributed by atoms with E-state index in [0.29, 0.717) is 22.4 Å². The lowest BCUT2D eigenvalue weighted by Gasteiger charge is -2.20. The van der Waals surface area contributed by atoms with Gasteiger partial charge in [-0.2, -0.15) is 0 Å². The highest BCUT2D eigenvalue weighted by atomic mass is 35.5. The standard InChI is InChI=1S/C16H16ClN3O2S/c1-10-9-23-16(18-10)19(2)15(22)11-7-14(21)20(8-11)13-6-4-3-5-12(13)17/h3-6,9,11H,7-8H2,1-2H3/t11-/m1/s1. The fourth-order valence-electron chi connectivity index (χ4n) is 2.64. The van der Waals surface area contributed by atoms with E-state index in [2.05, 4.69) is 4.98 Å². The maximum atomic E-state index is 12.6. The van der Waals surface area contributed by atoms with Crippen LogP contribution in [-0.4, -0.2) is 30.4 Å². The fourth-order valence-corrected chi connectivity index (χ4v) is 3.65. The molecule has 2 heterocycles. The molecule has 0 saturated carbocycles. The first-order valence-electron chi connectivity index (χ1n) is 7.22. The first-order chi connectivity index (χ1) is 11.0. The molecule has 23 heavy (non-hydrogen) atoms. The Labute approximate surface area is 143 Å². The van der Waals surface area contributed by atoms with Crippen molar-refractivity contribution in [3.05, 3.63) is 40.4 Å². The van der Waals surface area contributed by atoms with E-state index in [1.165, 1.54) is 16.2 Å². The average molecular weight is 350 g/mol. The zero-order valence-corrected chi connectivity index (χ0v) is 14.4. The number of amides is 2. The number of carbonyl (C=O) groups is 2. The minimum absolute atomic E-state index is 0.0832. The van der Waals surface area contributed by atoms with E-state index in [-0.39, 0.29) is 24.2 Å². The van der Waals surface area contributed by atoms with Gasteiger partial charge in [0.15, 0.2) is 5.13 Å². The van der Waals surface area contributed by atoms with Crippen LogP contribution in [0, 0.1) is 12.8 Å². The van der Waals surface area contributed by atoms with Gasteiger partial charge >= 0.3 is 0 Å². The van der Waals surface area contributed by atoms with Gasteiger partial charge in [0.05, 0.1) is 22.3 Å². The second-order valence-corrected chi connectivity index (χ2v) is 6.77. The van der Waals surface area contributed by atoms with Crippen LogP contribution in [0.5, 0.6) is 0 Å². The van der Waals surface area contributed by atoms with Gasteiger partial charge in [-0.05, 0) is 19.1 Å². The molecule has 0 radical (unpaired) electrons. The summed E-state index contributed by atoms with van der Waals surface area (Å²) in [5.41, 5.74) is 1.53. The Kier molecular flexibility index (Phi) is 4.37. The Balaban J connectivity index is 1.77. The number of para-hydroxylation sites is 1. The lowest BCUT2D eigenvalue weighted by molar-refractivity contribution is -0.124. The van der Waals surface area contributed by atoms with Gasteiger partial charge in [0.25, 0.3) is 0 Å². The molecule has 2 aromatic rings. The Bertz CT molecular complexity index is 761. The molecule has 0 aliphatic carbocycles. The third-order valence-corrected chi connectivity index (χ3v) is 5.20. The van der Waals surface area contributed by atoms with Gasteiger partial charge in [-0.1, -0.05) is 23.7 Å². The molecule has 1 aliphatic rings. The van der Waals surface area contributed by atoms with Gasteiger partial charge < -0.3 is 4.90 Å². The number of nitrogens with zero attached hydrogens (tertiary/aromatic N) is 3. The molecule has 2 amide bonds. The zero-order chi connectivity index (χ0) is 16.6. The maximum Gasteiger partial charge on any atom is 0.233 e. The van der Waals surface area contributed by atoms with Crippen molar-refractivity contribution >= 4 is 45.6 Å². The number of thiazole rings is 1. The molecule has 3 rings (SSSR count). The van der Waals surface area contributed by atoms with Crippen molar-refractivity contribution in [2.24, 2.45) is 5.92 Å². The smallest absolute Gasteiger partial charge is 0.233 e. The van der Waals surface area contributed by atoms with Crippen LogP contribution in [0.3, 0.4) is 0 Å². The summed E-state index contributed by atoms with van der Waals surface area (Å²) in [6.07, 6.45) is 0.193. The molecule has 1 aromatic heterocycles. The van der Waals surface area contributed by atoms with Gasteiger partial charge in [-0.15, -0.1) is 11.3 Å². The summed E-state index contributed by atoms with van der Waals surface area (Å²) in [4.78, 5) is 32.4. The van der Waals surface area contributed by atoms with E-state index in [1.807, 2.05) is 24.4 Å². The maximum absolute atomic E-state index is 12.6. The van der Waals surface area contributed by atoms with Gasteiger partial charge in [-0.25, -0.2) is 4.98 Å². The number of hydrogen-bond acceptors (Lipinski definition) is 4. The van der Waals surface area contributed by atoms with Crippen LogP contribution in [-0.2, 0) is 9.59 Å². The number of anilines is 2. The molecule has 1 saturated heterocycles. The third kappa shape index (κ3) is 3.09. The molecule has 0 N–H and O–H groups in total. The number of carbonyl (C=O) groups excluding carboxylic acids is 2. The minimum Gasteiger partial charge on any atom is -0.310 e. The van der Waals surface area contributed by atoms with E-state index < -0.39 is 0 Å². The summed E-state index contributed by atoms with van der Waals surface area (Å²) in [5, 5.41) is 3.06. The summed E-state index contributed by atoms with van der Waals surface area (Å²) in [6, 6.07) is 7.17. The van der Waals surface area contributed by atoms with Crippen molar-refractivity contribution in [2.45, 2.75) is 13.3 Å². The fraction of sp³-hybridized carbons (Fsp3) is 0.312. The number of benzene rings is 1. The second kappa shape index (κ2) is 6.29. The van der Waals surface area contributed by atoms with Crippen LogP contribution < -0.4 is 9.80 Å². The quantitative estimate of drug-likeness (QED) is 0.855. The predicted molar refractivity (Wildman–Crippen MR) is 92.2 cm³/mol. The molecule has 120 valence electrons. The number of hydrogen-bond donors (Lipinski definition) is 0. The van der Waals surface area contributed by atoms with E-state index in [9.17, 15) is 9.59 Å². The summed E-state index contributed by atoms with van der Waals surface area (Å²) < 4.78 is 0. The molecular weight excluding hydrogens is 334 g/mol. The van der Waals surface area contributed by atoms with Crippen LogP contribution in [0.4, 0.5) is 10.8 Å². The van der Waals surface area contributed by atoms with E-state index >= 15 is 0 Å². The molecule has 0 bridgehead atoms. The Hall–Kier alpha value is -1.92. The van der Waals surface area contributed by atoms with Crippen molar-refractivity contribution < 1.29 is 9.59 Å². The van der Waals surface area contributed by atoms with Crippen molar-refractivity contribution in [1.82, 2.24) is 4.98 Å². The van der Waals surface area contributed by atoms with Gasteiger partial charge in [0.1, 0.15) is 0 Å². The monoisotopic (exact) mass is 349 g/mol. The number of aromatic nitrogens is 1. The molecular formula is C16H16ClN3O2S. The Morgan fingerprint density at radius 2 is 2.17 bits per heavy atom. The van der Waals surface area contributed by atoms with Gasteiger partial charge in [0.2, 0.25) is 11.8 Å². The summed E-state index contributed by atoms with van der Waals surface area (Å²) >= 11 is 7.58. The molecule has 0 unspecified atom stereocenters. The van der Waals surface area contributed by atoms with Crippen LogP contribution in [0.25, 0.3) is 0 Å². The van der Waals surface area contributed by atoms with Crippen LogP contribution in [0.15, 0.2) is 29.6 Å². The number of aryl methyl sites for hydroxylation is 1. The Morgan fingerprint density at radius 3 is 2.83 bits per heavy atom. The highest BCUT2D eigenvalue weighted by molar-refractivity contribution is 7.14. The highest BCUT2D eigenvalue weighted by Gasteiger charge is 2.37. The normalized spacial score (nSPS) is 17.6. The number of halogens is 1. The van der Waals surface area contributed by atoms with E-state index in [1.54, 1.807) is 24.1 Å². The van der Waals surface area contributed by atoms with Crippen molar-refractivity contribution in [3.63, 3.8) is 0 Å². The van der Waals surface area contributed by atoms with E-state index in [4.69, 9.17) is 11.6 Å². The first kappa shape index (κ1) is 16.0. The first-order valence-corrected chi connectivity index (χ1v) is 8.47. The SMILES string of the molecule is Cc1csc(N(C)C(=O)[C@@H]2CC(=O)N(c3ccccc3Cl)C2)n1. The summed E-state index contributed by atoms with van der Waals surface area (Å²) in [7, 11) is 1.70. The van der Waals surface area contributed by atoms with Crippen LogP contribution in [0.1, 0.15) is 12.1 Å². The molecule has 1 fully saturated rings. The number of rotatable bonds is 3.